The Labute approximate surface area is 148 Å². The Morgan fingerprint density at radius 3 is 2.46 bits per heavy atom. The predicted octanol–water partition coefficient (Wildman–Crippen LogP) is 4.22. The standard InChI is InChI=1S/C20H17F3N2O/c1-12-16(20(24)26)11-19(14-5-6-17(22)18(23)10-14)25(12)8-7-13-3-2-4-15(21)9-13/h2-6,9-11H,7-8H2,1H3,(H2,24,26). The van der Waals surface area contributed by atoms with E-state index in [1.807, 2.05) is 0 Å². The molecule has 0 saturated carbocycles. The van der Waals surface area contributed by atoms with Gasteiger partial charge >= 0.3 is 0 Å². The highest BCUT2D eigenvalue weighted by Crippen LogP contribution is 2.27. The van der Waals surface area contributed by atoms with Gasteiger partial charge in [-0.3, -0.25) is 4.79 Å². The molecule has 0 aliphatic heterocycles. The van der Waals surface area contributed by atoms with Crippen molar-refractivity contribution in [3.05, 3.63) is 82.8 Å². The van der Waals surface area contributed by atoms with Gasteiger partial charge in [0.05, 0.1) is 5.56 Å². The zero-order chi connectivity index (χ0) is 18.8. The van der Waals surface area contributed by atoms with E-state index in [1.54, 1.807) is 29.7 Å². The third-order valence-electron chi connectivity index (χ3n) is 4.36. The number of hydrogen-bond donors (Lipinski definition) is 1. The van der Waals surface area contributed by atoms with Crippen molar-refractivity contribution in [3.63, 3.8) is 0 Å². The van der Waals surface area contributed by atoms with Crippen molar-refractivity contribution in [1.82, 2.24) is 4.57 Å². The van der Waals surface area contributed by atoms with Gasteiger partial charge < -0.3 is 10.3 Å². The number of benzene rings is 2. The van der Waals surface area contributed by atoms with E-state index >= 15 is 0 Å². The zero-order valence-electron chi connectivity index (χ0n) is 14.1. The highest BCUT2D eigenvalue weighted by molar-refractivity contribution is 5.95. The number of primary amides is 1. The van der Waals surface area contributed by atoms with E-state index in [2.05, 4.69) is 0 Å². The number of nitrogens with zero attached hydrogens (tertiary/aromatic N) is 1. The van der Waals surface area contributed by atoms with Crippen LogP contribution in [0.5, 0.6) is 0 Å². The van der Waals surface area contributed by atoms with Gasteiger partial charge in [0.2, 0.25) is 0 Å². The first-order valence-electron chi connectivity index (χ1n) is 8.06. The molecule has 0 unspecified atom stereocenters. The van der Waals surface area contributed by atoms with Gasteiger partial charge in [0.15, 0.2) is 11.6 Å². The number of aromatic nitrogens is 1. The van der Waals surface area contributed by atoms with Crippen molar-refractivity contribution < 1.29 is 18.0 Å². The van der Waals surface area contributed by atoms with Gasteiger partial charge in [-0.25, -0.2) is 13.2 Å². The molecule has 2 N–H and O–H groups in total. The maximum absolute atomic E-state index is 13.6. The molecule has 134 valence electrons. The largest absolute Gasteiger partial charge is 0.366 e. The number of carbonyl (C=O) groups excluding carboxylic acids is 1. The van der Waals surface area contributed by atoms with Crippen LogP contribution in [0.25, 0.3) is 11.3 Å². The molecule has 0 fully saturated rings. The number of carbonyl (C=O) groups is 1. The van der Waals surface area contributed by atoms with E-state index in [-0.39, 0.29) is 5.82 Å². The van der Waals surface area contributed by atoms with Gasteiger partial charge in [-0.2, -0.15) is 0 Å². The van der Waals surface area contributed by atoms with Crippen LogP contribution in [0.15, 0.2) is 48.5 Å². The lowest BCUT2D eigenvalue weighted by Crippen LogP contribution is -2.13. The van der Waals surface area contributed by atoms with Gasteiger partial charge in [-0.15, -0.1) is 0 Å². The molecule has 1 heterocycles. The van der Waals surface area contributed by atoms with Crippen LogP contribution in [0.3, 0.4) is 0 Å². The fourth-order valence-corrected chi connectivity index (χ4v) is 3.01. The summed E-state index contributed by atoms with van der Waals surface area (Å²) in [5, 5.41) is 0. The molecule has 0 bridgehead atoms. The number of amides is 1. The lowest BCUT2D eigenvalue weighted by Gasteiger charge is -2.12. The van der Waals surface area contributed by atoms with Crippen LogP contribution in [0, 0.1) is 24.4 Å². The first-order chi connectivity index (χ1) is 12.4. The van der Waals surface area contributed by atoms with Gasteiger partial charge in [-0.05, 0) is 55.3 Å². The van der Waals surface area contributed by atoms with Crippen molar-refractivity contribution in [2.75, 3.05) is 0 Å². The van der Waals surface area contributed by atoms with Crippen LogP contribution in [-0.4, -0.2) is 10.5 Å². The second-order valence-electron chi connectivity index (χ2n) is 6.05. The Bertz CT molecular complexity index is 979. The summed E-state index contributed by atoms with van der Waals surface area (Å²) >= 11 is 0. The summed E-state index contributed by atoms with van der Waals surface area (Å²) in [4.78, 5) is 11.7. The highest BCUT2D eigenvalue weighted by Gasteiger charge is 2.17. The molecular weight excluding hydrogens is 341 g/mol. The molecule has 26 heavy (non-hydrogen) atoms. The van der Waals surface area contributed by atoms with Crippen molar-refractivity contribution in [2.45, 2.75) is 19.9 Å². The lowest BCUT2D eigenvalue weighted by molar-refractivity contribution is 0.0999. The minimum atomic E-state index is -0.973. The van der Waals surface area contributed by atoms with E-state index in [0.717, 1.165) is 17.7 Å². The third kappa shape index (κ3) is 3.49. The van der Waals surface area contributed by atoms with E-state index in [1.165, 1.54) is 18.2 Å². The first kappa shape index (κ1) is 17.8. The Morgan fingerprint density at radius 1 is 1.04 bits per heavy atom. The summed E-state index contributed by atoms with van der Waals surface area (Å²) in [6, 6.07) is 11.3. The van der Waals surface area contributed by atoms with Crippen LogP contribution >= 0.6 is 0 Å². The molecule has 3 rings (SSSR count). The van der Waals surface area contributed by atoms with Crippen LogP contribution in [0.4, 0.5) is 13.2 Å². The van der Waals surface area contributed by atoms with Crippen LogP contribution in [-0.2, 0) is 13.0 Å². The number of aryl methyl sites for hydroxylation is 1. The Hall–Kier alpha value is -3.02. The van der Waals surface area contributed by atoms with Gasteiger partial charge in [0, 0.05) is 23.5 Å². The number of hydrogen-bond acceptors (Lipinski definition) is 1. The maximum atomic E-state index is 13.6. The average molecular weight is 358 g/mol. The topological polar surface area (TPSA) is 48.0 Å². The van der Waals surface area contributed by atoms with E-state index in [0.29, 0.717) is 35.5 Å². The molecule has 0 radical (unpaired) electrons. The van der Waals surface area contributed by atoms with Crippen molar-refractivity contribution >= 4 is 5.91 Å². The minimum Gasteiger partial charge on any atom is -0.366 e. The first-order valence-corrected chi connectivity index (χ1v) is 8.06. The summed E-state index contributed by atoms with van der Waals surface area (Å²) in [7, 11) is 0. The van der Waals surface area contributed by atoms with E-state index in [9.17, 15) is 18.0 Å². The Morgan fingerprint density at radius 2 is 1.81 bits per heavy atom. The van der Waals surface area contributed by atoms with Crippen LogP contribution in [0.1, 0.15) is 21.6 Å². The second-order valence-corrected chi connectivity index (χ2v) is 6.05. The fraction of sp³-hybridized carbons (Fsp3) is 0.150. The average Bonchev–Trinajstić information content (AvgIpc) is 2.92. The van der Waals surface area contributed by atoms with Gasteiger partial charge in [-0.1, -0.05) is 12.1 Å². The summed E-state index contributed by atoms with van der Waals surface area (Å²) in [6.07, 6.45) is 0.502. The van der Waals surface area contributed by atoms with Crippen molar-refractivity contribution in [3.8, 4) is 11.3 Å². The summed E-state index contributed by atoms with van der Waals surface area (Å²) in [5.41, 5.74) is 8.11. The highest BCUT2D eigenvalue weighted by atomic mass is 19.2. The number of rotatable bonds is 5. The smallest absolute Gasteiger partial charge is 0.250 e. The molecular formula is C20H17F3N2O. The fourth-order valence-electron chi connectivity index (χ4n) is 3.01. The Balaban J connectivity index is 2.01. The predicted molar refractivity (Wildman–Crippen MR) is 93.1 cm³/mol. The normalized spacial score (nSPS) is 10.9. The van der Waals surface area contributed by atoms with Gasteiger partial charge in [0.1, 0.15) is 5.82 Å². The quantitative estimate of drug-likeness (QED) is 0.729. The molecule has 0 spiro atoms. The second kappa shape index (κ2) is 7.07. The van der Waals surface area contributed by atoms with Gasteiger partial charge in [0.25, 0.3) is 5.91 Å². The zero-order valence-corrected chi connectivity index (χ0v) is 14.1. The third-order valence-corrected chi connectivity index (χ3v) is 4.36. The summed E-state index contributed by atoms with van der Waals surface area (Å²) < 4.78 is 42.1. The summed E-state index contributed by atoms with van der Waals surface area (Å²) in [5.74, 6) is -2.85. The van der Waals surface area contributed by atoms with Crippen molar-refractivity contribution in [2.24, 2.45) is 5.73 Å². The molecule has 1 aromatic heterocycles. The molecule has 3 aromatic rings. The SMILES string of the molecule is Cc1c(C(N)=O)cc(-c2ccc(F)c(F)c2)n1CCc1cccc(F)c1. The molecule has 6 heteroatoms. The molecule has 0 aliphatic rings. The molecule has 2 aromatic carbocycles. The molecule has 0 atom stereocenters. The number of halogens is 3. The molecule has 0 saturated heterocycles. The van der Waals surface area contributed by atoms with Crippen molar-refractivity contribution in [1.29, 1.82) is 0 Å². The van der Waals surface area contributed by atoms with E-state index in [4.69, 9.17) is 5.73 Å². The molecule has 0 aliphatic carbocycles. The monoisotopic (exact) mass is 358 g/mol. The maximum Gasteiger partial charge on any atom is 0.250 e. The molecule has 1 amide bonds. The Kier molecular flexibility index (Phi) is 4.84. The number of nitrogens with two attached hydrogens (primary N) is 1. The molecule has 3 nitrogen and oxygen atoms in total. The van der Waals surface area contributed by atoms with Crippen LogP contribution in [0.2, 0.25) is 0 Å². The minimum absolute atomic E-state index is 0.309. The summed E-state index contributed by atoms with van der Waals surface area (Å²) in [6.45, 7) is 2.16. The van der Waals surface area contributed by atoms with E-state index < -0.39 is 17.5 Å². The van der Waals surface area contributed by atoms with Crippen LogP contribution < -0.4 is 5.73 Å². The lowest BCUT2D eigenvalue weighted by atomic mass is 10.1.